The molecule has 4 nitrogen and oxygen atoms in total. The Kier molecular flexibility index (Phi) is 5.90. The predicted octanol–water partition coefficient (Wildman–Crippen LogP) is 3.23. The molecule has 1 aliphatic carbocycles. The molecule has 19 heavy (non-hydrogen) atoms. The second-order valence-electron chi connectivity index (χ2n) is 5.22. The third-order valence-electron chi connectivity index (χ3n) is 3.55. The lowest BCUT2D eigenvalue weighted by Crippen LogP contribution is -2.31. The number of rotatable bonds is 4. The topological polar surface area (TPSA) is 59.6 Å². The van der Waals surface area contributed by atoms with Gasteiger partial charge in [0, 0.05) is 12.2 Å². The van der Waals surface area contributed by atoms with Crippen LogP contribution in [-0.4, -0.2) is 19.6 Å². The Balaban J connectivity index is 0.00000180. The SMILES string of the molecule is COc1ccc(NC(N)=NCC2(C)CCC2)cc1.I. The largest absolute Gasteiger partial charge is 0.497 e. The van der Waals surface area contributed by atoms with E-state index in [1.807, 2.05) is 24.3 Å². The summed E-state index contributed by atoms with van der Waals surface area (Å²) in [6, 6.07) is 7.63. The van der Waals surface area contributed by atoms with E-state index in [0.29, 0.717) is 11.4 Å². The van der Waals surface area contributed by atoms with Gasteiger partial charge in [0.25, 0.3) is 0 Å². The van der Waals surface area contributed by atoms with E-state index in [-0.39, 0.29) is 24.0 Å². The zero-order valence-corrected chi connectivity index (χ0v) is 13.8. The number of aliphatic imine (C=N–C) groups is 1. The first-order valence-electron chi connectivity index (χ1n) is 6.32. The highest BCUT2D eigenvalue weighted by atomic mass is 127. The van der Waals surface area contributed by atoms with Gasteiger partial charge in [0.1, 0.15) is 5.75 Å². The first-order chi connectivity index (χ1) is 8.61. The summed E-state index contributed by atoms with van der Waals surface area (Å²) in [6.07, 6.45) is 3.83. The van der Waals surface area contributed by atoms with Crippen molar-refractivity contribution in [2.75, 3.05) is 19.0 Å². The third-order valence-corrected chi connectivity index (χ3v) is 3.55. The summed E-state index contributed by atoms with van der Waals surface area (Å²) >= 11 is 0. The molecule has 0 bridgehead atoms. The third kappa shape index (κ3) is 4.56. The Hall–Kier alpha value is -0.980. The van der Waals surface area contributed by atoms with Crippen molar-refractivity contribution >= 4 is 35.6 Å². The number of ether oxygens (including phenoxy) is 1. The van der Waals surface area contributed by atoms with Gasteiger partial charge in [-0.05, 0) is 42.5 Å². The number of anilines is 1. The van der Waals surface area contributed by atoms with Crippen molar-refractivity contribution in [3.63, 3.8) is 0 Å². The van der Waals surface area contributed by atoms with Crippen LogP contribution >= 0.6 is 24.0 Å². The lowest BCUT2D eigenvalue weighted by atomic mass is 9.71. The molecule has 0 atom stereocenters. The normalized spacial score (nSPS) is 17.1. The summed E-state index contributed by atoms with van der Waals surface area (Å²) in [7, 11) is 1.65. The monoisotopic (exact) mass is 375 g/mol. The maximum absolute atomic E-state index is 5.87. The van der Waals surface area contributed by atoms with Crippen LogP contribution in [0.15, 0.2) is 29.3 Å². The maximum atomic E-state index is 5.87. The van der Waals surface area contributed by atoms with Crippen molar-refractivity contribution < 1.29 is 4.74 Å². The predicted molar refractivity (Wildman–Crippen MR) is 90.5 cm³/mol. The number of benzene rings is 1. The van der Waals surface area contributed by atoms with Crippen molar-refractivity contribution in [1.82, 2.24) is 0 Å². The van der Waals surface area contributed by atoms with Crippen LogP contribution in [0.5, 0.6) is 5.75 Å². The van der Waals surface area contributed by atoms with Gasteiger partial charge in [-0.1, -0.05) is 13.3 Å². The lowest BCUT2D eigenvalue weighted by molar-refractivity contribution is 0.174. The average molecular weight is 375 g/mol. The number of nitrogens with zero attached hydrogens (tertiary/aromatic N) is 1. The molecular formula is C14H22IN3O. The van der Waals surface area contributed by atoms with Crippen LogP contribution in [0.3, 0.4) is 0 Å². The quantitative estimate of drug-likeness (QED) is 0.483. The molecule has 0 radical (unpaired) electrons. The van der Waals surface area contributed by atoms with Gasteiger partial charge < -0.3 is 15.8 Å². The van der Waals surface area contributed by atoms with Gasteiger partial charge in [-0.3, -0.25) is 4.99 Å². The van der Waals surface area contributed by atoms with E-state index in [2.05, 4.69) is 17.2 Å². The molecule has 1 saturated carbocycles. The van der Waals surface area contributed by atoms with Crippen LogP contribution in [0.1, 0.15) is 26.2 Å². The van der Waals surface area contributed by atoms with Crippen molar-refractivity contribution in [2.24, 2.45) is 16.1 Å². The number of methoxy groups -OCH3 is 1. The Morgan fingerprint density at radius 1 is 1.37 bits per heavy atom. The summed E-state index contributed by atoms with van der Waals surface area (Å²) in [4.78, 5) is 4.41. The fourth-order valence-electron chi connectivity index (χ4n) is 2.08. The molecule has 0 unspecified atom stereocenters. The smallest absolute Gasteiger partial charge is 0.193 e. The summed E-state index contributed by atoms with van der Waals surface area (Å²) < 4.78 is 5.10. The fourth-order valence-corrected chi connectivity index (χ4v) is 2.08. The number of guanidine groups is 1. The molecule has 0 amide bonds. The molecule has 3 N–H and O–H groups in total. The Labute approximate surface area is 131 Å². The van der Waals surface area contributed by atoms with Crippen LogP contribution in [0.4, 0.5) is 5.69 Å². The van der Waals surface area contributed by atoms with Gasteiger partial charge in [0.15, 0.2) is 5.96 Å². The van der Waals surface area contributed by atoms with Gasteiger partial charge in [-0.15, -0.1) is 24.0 Å². The number of nitrogens with two attached hydrogens (primary N) is 1. The van der Waals surface area contributed by atoms with E-state index < -0.39 is 0 Å². The molecule has 1 aliphatic rings. The van der Waals surface area contributed by atoms with Crippen LogP contribution in [0, 0.1) is 5.41 Å². The van der Waals surface area contributed by atoms with Gasteiger partial charge in [0.2, 0.25) is 0 Å². The summed E-state index contributed by atoms with van der Waals surface area (Å²) in [6.45, 7) is 3.07. The highest BCUT2D eigenvalue weighted by Gasteiger charge is 2.31. The minimum Gasteiger partial charge on any atom is -0.497 e. The Bertz CT molecular complexity index is 427. The number of hydrogen-bond donors (Lipinski definition) is 2. The highest BCUT2D eigenvalue weighted by molar-refractivity contribution is 14.0. The molecule has 5 heteroatoms. The van der Waals surface area contributed by atoms with E-state index >= 15 is 0 Å². The van der Waals surface area contributed by atoms with Crippen molar-refractivity contribution in [3.8, 4) is 5.75 Å². The molecule has 0 aromatic heterocycles. The Morgan fingerprint density at radius 3 is 2.47 bits per heavy atom. The molecule has 1 aromatic rings. The van der Waals surface area contributed by atoms with E-state index in [0.717, 1.165) is 18.0 Å². The first-order valence-corrected chi connectivity index (χ1v) is 6.32. The van der Waals surface area contributed by atoms with Gasteiger partial charge >= 0.3 is 0 Å². The van der Waals surface area contributed by atoms with Crippen LogP contribution in [0.2, 0.25) is 0 Å². The fraction of sp³-hybridized carbons (Fsp3) is 0.500. The van der Waals surface area contributed by atoms with Crippen molar-refractivity contribution in [2.45, 2.75) is 26.2 Å². The number of halogens is 1. The van der Waals surface area contributed by atoms with Crippen LogP contribution < -0.4 is 15.8 Å². The van der Waals surface area contributed by atoms with Gasteiger partial charge in [-0.2, -0.15) is 0 Å². The summed E-state index contributed by atoms with van der Waals surface area (Å²) in [5.41, 5.74) is 7.16. The van der Waals surface area contributed by atoms with E-state index in [9.17, 15) is 0 Å². The van der Waals surface area contributed by atoms with Gasteiger partial charge in [0.05, 0.1) is 7.11 Å². The molecular weight excluding hydrogens is 353 g/mol. The molecule has 0 saturated heterocycles. The lowest BCUT2D eigenvalue weighted by Gasteiger charge is -2.36. The minimum absolute atomic E-state index is 0. The second-order valence-corrected chi connectivity index (χ2v) is 5.22. The second kappa shape index (κ2) is 6.98. The average Bonchev–Trinajstić information content (AvgIpc) is 2.35. The number of nitrogens with one attached hydrogen (secondary N) is 1. The van der Waals surface area contributed by atoms with Gasteiger partial charge in [-0.25, -0.2) is 0 Å². The number of hydrogen-bond acceptors (Lipinski definition) is 2. The van der Waals surface area contributed by atoms with E-state index in [4.69, 9.17) is 10.5 Å². The van der Waals surface area contributed by atoms with E-state index in [1.54, 1.807) is 7.11 Å². The summed E-state index contributed by atoms with van der Waals surface area (Å²) in [5, 5.41) is 3.09. The van der Waals surface area contributed by atoms with Crippen molar-refractivity contribution in [1.29, 1.82) is 0 Å². The van der Waals surface area contributed by atoms with Crippen molar-refractivity contribution in [3.05, 3.63) is 24.3 Å². The zero-order chi connectivity index (χ0) is 13.0. The van der Waals surface area contributed by atoms with Crippen LogP contribution in [0.25, 0.3) is 0 Å². The van der Waals surface area contributed by atoms with E-state index in [1.165, 1.54) is 19.3 Å². The minimum atomic E-state index is 0. The summed E-state index contributed by atoms with van der Waals surface area (Å²) in [5.74, 6) is 1.31. The molecule has 1 aromatic carbocycles. The standard InChI is InChI=1S/C14H21N3O.HI/c1-14(8-3-9-14)10-16-13(15)17-11-4-6-12(18-2)7-5-11;/h4-7H,3,8-10H2,1-2H3,(H3,15,16,17);1H. The molecule has 0 spiro atoms. The molecule has 106 valence electrons. The Morgan fingerprint density at radius 2 is 2.00 bits per heavy atom. The zero-order valence-electron chi connectivity index (χ0n) is 11.5. The highest BCUT2D eigenvalue weighted by Crippen LogP contribution is 2.40. The molecule has 0 heterocycles. The molecule has 0 aliphatic heterocycles. The maximum Gasteiger partial charge on any atom is 0.193 e. The van der Waals surface area contributed by atoms with Crippen LogP contribution in [-0.2, 0) is 0 Å². The first kappa shape index (κ1) is 16.1. The molecule has 2 rings (SSSR count). The molecule has 1 fully saturated rings.